The Balaban J connectivity index is 1.40. The van der Waals surface area contributed by atoms with E-state index in [2.05, 4.69) is 5.32 Å². The number of rotatable bonds is 2. The van der Waals surface area contributed by atoms with E-state index in [0.717, 1.165) is 24.0 Å². The van der Waals surface area contributed by atoms with Crippen molar-refractivity contribution in [3.05, 3.63) is 59.7 Å². The van der Waals surface area contributed by atoms with Gasteiger partial charge in [0.1, 0.15) is 12.1 Å². The van der Waals surface area contributed by atoms with Gasteiger partial charge < -0.3 is 14.8 Å². The summed E-state index contributed by atoms with van der Waals surface area (Å²) >= 11 is 0. The summed E-state index contributed by atoms with van der Waals surface area (Å²) in [6.45, 7) is 0.473. The van der Waals surface area contributed by atoms with Gasteiger partial charge in [0.2, 0.25) is 0 Å². The van der Waals surface area contributed by atoms with Crippen LogP contribution in [0.5, 0.6) is 11.5 Å². The van der Waals surface area contributed by atoms with Crippen LogP contribution in [0, 0.1) is 0 Å². The molecule has 2 aromatic rings. The van der Waals surface area contributed by atoms with Gasteiger partial charge in [-0.25, -0.2) is 4.79 Å². The average molecular weight is 364 g/mol. The first-order chi connectivity index (χ1) is 13.2. The van der Waals surface area contributed by atoms with E-state index in [4.69, 9.17) is 9.47 Å². The molecular formula is C21H20N2O4. The van der Waals surface area contributed by atoms with Gasteiger partial charge in [-0.3, -0.25) is 9.69 Å². The van der Waals surface area contributed by atoms with Crippen molar-refractivity contribution < 1.29 is 19.1 Å². The number of carbonyl (C=O) groups excluding carboxylic acids is 2. The number of ether oxygens (including phenoxy) is 2. The molecule has 27 heavy (non-hydrogen) atoms. The minimum atomic E-state index is -0.945. The van der Waals surface area contributed by atoms with Crippen LogP contribution in [0.1, 0.15) is 24.0 Å². The van der Waals surface area contributed by atoms with Gasteiger partial charge in [0.25, 0.3) is 5.91 Å². The zero-order valence-corrected chi connectivity index (χ0v) is 14.8. The van der Waals surface area contributed by atoms with Crippen LogP contribution >= 0.6 is 0 Å². The maximum atomic E-state index is 13.3. The molecule has 1 N–H and O–H groups in total. The quantitative estimate of drug-likeness (QED) is 0.832. The molecule has 2 aromatic carbocycles. The number of urea groups is 1. The normalized spacial score (nSPS) is 26.1. The first-order valence-electron chi connectivity index (χ1n) is 9.28. The van der Waals surface area contributed by atoms with Crippen LogP contribution in [0.25, 0.3) is 0 Å². The molecule has 3 aliphatic rings. The lowest BCUT2D eigenvalue weighted by atomic mass is 9.76. The molecule has 3 amide bonds. The molecule has 1 saturated heterocycles. The van der Waals surface area contributed by atoms with Crippen LogP contribution in [0.2, 0.25) is 0 Å². The molecule has 2 unspecified atom stereocenters. The molecule has 0 aromatic heterocycles. The van der Waals surface area contributed by atoms with Crippen molar-refractivity contribution in [2.24, 2.45) is 0 Å². The molecule has 138 valence electrons. The Kier molecular flexibility index (Phi) is 3.60. The maximum Gasteiger partial charge on any atom is 0.325 e. The zero-order chi connectivity index (χ0) is 18.4. The Morgan fingerprint density at radius 2 is 1.85 bits per heavy atom. The second-order valence-corrected chi connectivity index (χ2v) is 7.26. The summed E-state index contributed by atoms with van der Waals surface area (Å²) in [7, 11) is 0. The average Bonchev–Trinajstić information content (AvgIpc) is 2.93. The van der Waals surface area contributed by atoms with Gasteiger partial charge >= 0.3 is 6.03 Å². The summed E-state index contributed by atoms with van der Waals surface area (Å²) in [5, 5.41) is 2.98. The van der Waals surface area contributed by atoms with Crippen molar-refractivity contribution in [1.82, 2.24) is 10.2 Å². The topological polar surface area (TPSA) is 67.9 Å². The summed E-state index contributed by atoms with van der Waals surface area (Å²) in [6, 6.07) is 14.9. The fraction of sp³-hybridized carbons (Fsp3) is 0.333. The standard InChI is InChI=1S/C21H20N2O4/c24-19-21(11-5-7-14-6-1-2-8-16(14)21)22-20(25)23(19)12-15-13-26-17-9-3-4-10-18(17)27-15/h1-4,6,8-10,15H,5,7,11-13H2,(H,22,25). The molecule has 2 atom stereocenters. The fourth-order valence-corrected chi connectivity index (χ4v) is 4.33. The van der Waals surface area contributed by atoms with Crippen LogP contribution < -0.4 is 14.8 Å². The molecule has 2 heterocycles. The van der Waals surface area contributed by atoms with Crippen LogP contribution in [0.4, 0.5) is 4.79 Å². The second kappa shape index (κ2) is 6.01. The van der Waals surface area contributed by atoms with Gasteiger partial charge in [-0.05, 0) is 42.5 Å². The number of benzene rings is 2. The third kappa shape index (κ3) is 2.47. The highest BCUT2D eigenvalue weighted by Gasteiger charge is 2.54. The molecule has 1 aliphatic carbocycles. The van der Waals surface area contributed by atoms with E-state index in [0.29, 0.717) is 24.5 Å². The number of para-hydroxylation sites is 2. The molecule has 1 spiro atoms. The van der Waals surface area contributed by atoms with E-state index >= 15 is 0 Å². The summed E-state index contributed by atoms with van der Waals surface area (Å²) < 4.78 is 11.7. The highest BCUT2D eigenvalue weighted by Crippen LogP contribution is 2.40. The molecule has 6 nitrogen and oxygen atoms in total. The third-order valence-corrected chi connectivity index (χ3v) is 5.60. The Labute approximate surface area is 157 Å². The lowest BCUT2D eigenvalue weighted by Gasteiger charge is -2.33. The summed E-state index contributed by atoms with van der Waals surface area (Å²) in [5.41, 5.74) is 1.10. The molecule has 0 saturated carbocycles. The molecule has 2 aliphatic heterocycles. The van der Waals surface area contributed by atoms with Gasteiger partial charge in [-0.15, -0.1) is 0 Å². The first-order valence-corrected chi connectivity index (χ1v) is 9.28. The number of hydrogen-bond acceptors (Lipinski definition) is 4. The smallest absolute Gasteiger partial charge is 0.325 e. The highest BCUT2D eigenvalue weighted by molar-refractivity contribution is 6.07. The van der Waals surface area contributed by atoms with Crippen molar-refractivity contribution in [2.75, 3.05) is 13.2 Å². The number of aryl methyl sites for hydroxylation is 1. The number of nitrogens with one attached hydrogen (secondary N) is 1. The predicted molar refractivity (Wildman–Crippen MR) is 97.7 cm³/mol. The molecule has 0 bridgehead atoms. The van der Waals surface area contributed by atoms with Crippen molar-refractivity contribution in [1.29, 1.82) is 0 Å². The molecular weight excluding hydrogens is 344 g/mol. The van der Waals surface area contributed by atoms with Crippen molar-refractivity contribution in [3.63, 3.8) is 0 Å². The van der Waals surface area contributed by atoms with Crippen LogP contribution in [-0.2, 0) is 16.8 Å². The minimum absolute atomic E-state index is 0.170. The van der Waals surface area contributed by atoms with E-state index in [9.17, 15) is 9.59 Å². The number of nitrogens with zero attached hydrogens (tertiary/aromatic N) is 1. The van der Waals surface area contributed by atoms with E-state index in [1.165, 1.54) is 4.90 Å². The van der Waals surface area contributed by atoms with Gasteiger partial charge in [-0.1, -0.05) is 36.4 Å². The Morgan fingerprint density at radius 1 is 1.07 bits per heavy atom. The number of imide groups is 1. The Morgan fingerprint density at radius 3 is 2.74 bits per heavy atom. The van der Waals surface area contributed by atoms with Gasteiger partial charge in [0, 0.05) is 0 Å². The van der Waals surface area contributed by atoms with Gasteiger partial charge in [-0.2, -0.15) is 0 Å². The molecule has 1 fully saturated rings. The second-order valence-electron chi connectivity index (χ2n) is 7.26. The van der Waals surface area contributed by atoms with Crippen LogP contribution in [0.15, 0.2) is 48.5 Å². The lowest BCUT2D eigenvalue weighted by Crippen LogP contribution is -2.48. The SMILES string of the molecule is O=C1NC2(CCCc3ccccc32)C(=O)N1CC1COc2ccccc2O1. The van der Waals surface area contributed by atoms with E-state index in [1.54, 1.807) is 0 Å². The van der Waals surface area contributed by atoms with Crippen LogP contribution in [-0.4, -0.2) is 36.1 Å². The number of hydrogen-bond donors (Lipinski definition) is 1. The van der Waals surface area contributed by atoms with Crippen molar-refractivity contribution in [3.8, 4) is 11.5 Å². The predicted octanol–water partition coefficient (Wildman–Crippen LogP) is 2.61. The minimum Gasteiger partial charge on any atom is -0.486 e. The van der Waals surface area contributed by atoms with E-state index < -0.39 is 5.54 Å². The van der Waals surface area contributed by atoms with Crippen molar-refractivity contribution in [2.45, 2.75) is 30.9 Å². The van der Waals surface area contributed by atoms with E-state index in [-0.39, 0.29) is 24.6 Å². The molecule has 0 radical (unpaired) electrons. The first kappa shape index (κ1) is 16.2. The summed E-state index contributed by atoms with van der Waals surface area (Å²) in [6.07, 6.45) is 2.03. The van der Waals surface area contributed by atoms with Crippen LogP contribution in [0.3, 0.4) is 0 Å². The fourth-order valence-electron chi connectivity index (χ4n) is 4.33. The lowest BCUT2D eigenvalue weighted by molar-refractivity contribution is -0.133. The third-order valence-electron chi connectivity index (χ3n) is 5.60. The number of amides is 3. The molecule has 6 heteroatoms. The molecule has 5 rings (SSSR count). The highest BCUT2D eigenvalue weighted by atomic mass is 16.6. The Hall–Kier alpha value is -3.02. The maximum absolute atomic E-state index is 13.3. The Bertz CT molecular complexity index is 928. The van der Waals surface area contributed by atoms with Gasteiger partial charge in [0.15, 0.2) is 17.6 Å². The van der Waals surface area contributed by atoms with E-state index in [1.807, 2.05) is 48.5 Å². The van der Waals surface area contributed by atoms with Crippen molar-refractivity contribution >= 4 is 11.9 Å². The summed E-state index contributed by atoms with van der Waals surface area (Å²) in [4.78, 5) is 27.3. The number of carbonyl (C=O) groups is 2. The largest absolute Gasteiger partial charge is 0.486 e. The van der Waals surface area contributed by atoms with Gasteiger partial charge in [0.05, 0.1) is 6.54 Å². The zero-order valence-electron chi connectivity index (χ0n) is 14.8. The number of fused-ring (bicyclic) bond motifs is 3. The monoisotopic (exact) mass is 364 g/mol. The summed E-state index contributed by atoms with van der Waals surface area (Å²) in [5.74, 6) is 1.13.